The van der Waals surface area contributed by atoms with Gasteiger partial charge in [-0.05, 0) is 66.1 Å². The lowest BCUT2D eigenvalue weighted by Crippen LogP contribution is -2.60. The number of piperidine rings is 1. The van der Waals surface area contributed by atoms with Gasteiger partial charge in [0.2, 0.25) is 5.91 Å². The van der Waals surface area contributed by atoms with E-state index in [1.807, 2.05) is 30.3 Å². The molecule has 3 aromatic heterocycles. The number of nitrogens with two attached hydrogens (primary N) is 1. The van der Waals surface area contributed by atoms with Crippen LogP contribution in [0, 0.1) is 5.41 Å². The number of urea groups is 1. The highest BCUT2D eigenvalue weighted by molar-refractivity contribution is 6.34. The lowest BCUT2D eigenvalue weighted by atomic mass is 9.72. The second-order valence-corrected chi connectivity index (χ2v) is 15.4. The molecule has 286 valence electrons. The summed E-state index contributed by atoms with van der Waals surface area (Å²) >= 11 is 6.41. The van der Waals surface area contributed by atoms with E-state index in [2.05, 4.69) is 49.7 Å². The van der Waals surface area contributed by atoms with Gasteiger partial charge < -0.3 is 20.9 Å². The summed E-state index contributed by atoms with van der Waals surface area (Å²) in [6.07, 6.45) is 6.26. The minimum absolute atomic E-state index is 0.0836. The number of carbonyl (C=O) groups is 4. The number of carbonyl (C=O) groups excluding carboxylic acids is 4. The maximum Gasteiger partial charge on any atom is 0.328 e. The fraction of sp³-hybridized carbons (Fsp3) is 0.325. The largest absolute Gasteiger partial charge is 0.385 e. The Morgan fingerprint density at radius 2 is 1.73 bits per heavy atom. The number of primary amides is 1. The Balaban J connectivity index is 0.820. The van der Waals surface area contributed by atoms with Crippen LogP contribution >= 0.6 is 11.6 Å². The first-order chi connectivity index (χ1) is 27.1. The van der Waals surface area contributed by atoms with Gasteiger partial charge in [-0.2, -0.15) is 0 Å². The molecule has 0 radical (unpaired) electrons. The first kappa shape index (κ1) is 35.6. The second-order valence-electron chi connectivity index (χ2n) is 15.0. The van der Waals surface area contributed by atoms with Gasteiger partial charge in [0.05, 0.1) is 28.3 Å². The SMILES string of the molecule is CNc1cc(N2CCc3c(-c4ccc(CN5CC6(CCN(C(=O)c7ccc(Cl)c(N8CCC(=O)NC8=O)c7)CC6)C5)cn4)cccc32)nn2c(C(N)=O)cnc12. The van der Waals surface area contributed by atoms with Crippen LogP contribution in [0.4, 0.5) is 27.7 Å². The molecular formula is C40H40ClN11O4. The van der Waals surface area contributed by atoms with E-state index in [0.717, 1.165) is 73.6 Å². The summed E-state index contributed by atoms with van der Waals surface area (Å²) in [4.78, 5) is 66.8. The summed E-state index contributed by atoms with van der Waals surface area (Å²) in [7, 11) is 1.81. The maximum atomic E-state index is 13.5. The number of nitrogens with zero attached hydrogens (tertiary/aromatic N) is 8. The Kier molecular flexibility index (Phi) is 8.85. The fourth-order valence-corrected chi connectivity index (χ4v) is 8.85. The molecule has 15 nitrogen and oxygen atoms in total. The molecule has 5 aromatic rings. The van der Waals surface area contributed by atoms with Gasteiger partial charge in [-0.15, -0.1) is 5.10 Å². The van der Waals surface area contributed by atoms with Crippen molar-refractivity contribution in [3.63, 3.8) is 0 Å². The smallest absolute Gasteiger partial charge is 0.328 e. The molecule has 16 heteroatoms. The topological polar surface area (TPSA) is 174 Å². The number of rotatable bonds is 8. The highest BCUT2D eigenvalue weighted by Gasteiger charge is 2.45. The molecule has 2 aromatic carbocycles. The van der Waals surface area contributed by atoms with E-state index in [9.17, 15) is 19.2 Å². The van der Waals surface area contributed by atoms with Crippen molar-refractivity contribution in [1.29, 1.82) is 0 Å². The monoisotopic (exact) mass is 773 g/mol. The van der Waals surface area contributed by atoms with Gasteiger partial charge in [-0.3, -0.25) is 34.5 Å². The van der Waals surface area contributed by atoms with Gasteiger partial charge in [-0.25, -0.2) is 14.3 Å². The van der Waals surface area contributed by atoms with Crippen LogP contribution in [0.15, 0.2) is 67.0 Å². The van der Waals surface area contributed by atoms with Gasteiger partial charge in [0, 0.05) is 88.4 Å². The predicted molar refractivity (Wildman–Crippen MR) is 211 cm³/mol. The standard InChI is InChI=1S/C40H40ClN11O4/c1-43-30-18-34(47-52-33(36(42)54)20-45-37(30)52)50-13-9-27-26(3-2-4-31(27)50)29-8-5-24(19-44-29)21-48-22-40(23-48)11-15-49(16-12-40)38(55)25-6-7-28(41)32(17-25)51-14-10-35(53)46-39(51)56/h2-8,17-20,43H,9-16,21-23H2,1H3,(H2,42,54)(H,46,53,56). The first-order valence-corrected chi connectivity index (χ1v) is 19.1. The number of hydrogen-bond acceptors (Lipinski definition) is 10. The molecule has 3 fully saturated rings. The van der Waals surface area contributed by atoms with Crippen molar-refractivity contribution >= 4 is 63.9 Å². The quantitative estimate of drug-likeness (QED) is 0.204. The van der Waals surface area contributed by atoms with Crippen LogP contribution in [0.1, 0.15) is 51.2 Å². The van der Waals surface area contributed by atoms with Crippen LogP contribution in [-0.2, 0) is 17.8 Å². The minimum Gasteiger partial charge on any atom is -0.385 e. The molecule has 0 aliphatic carbocycles. The molecule has 0 unspecified atom stereocenters. The Hall–Kier alpha value is -6.06. The van der Waals surface area contributed by atoms with Crippen molar-refractivity contribution in [2.75, 3.05) is 61.4 Å². The third-order valence-corrected chi connectivity index (χ3v) is 11.9. The number of halogens is 1. The van der Waals surface area contributed by atoms with E-state index in [1.165, 1.54) is 21.2 Å². The van der Waals surface area contributed by atoms with Crippen molar-refractivity contribution in [3.05, 3.63) is 94.4 Å². The summed E-state index contributed by atoms with van der Waals surface area (Å²) < 4.78 is 1.50. The molecule has 3 saturated heterocycles. The third kappa shape index (κ3) is 6.26. The number of likely N-dealkylation sites (tertiary alicyclic amines) is 2. The third-order valence-electron chi connectivity index (χ3n) is 11.6. The van der Waals surface area contributed by atoms with Gasteiger partial charge in [0.25, 0.3) is 11.8 Å². The summed E-state index contributed by atoms with van der Waals surface area (Å²) in [5.74, 6) is -0.315. The molecule has 0 atom stereocenters. The summed E-state index contributed by atoms with van der Waals surface area (Å²) in [6.45, 7) is 5.02. The molecule has 4 N–H and O–H groups in total. The lowest BCUT2D eigenvalue weighted by molar-refractivity contribution is -0.120. The van der Waals surface area contributed by atoms with Gasteiger partial charge in [0.1, 0.15) is 5.69 Å². The summed E-state index contributed by atoms with van der Waals surface area (Å²) in [5.41, 5.74) is 13.6. The Labute approximate surface area is 327 Å². The number of anilines is 4. The zero-order valence-corrected chi connectivity index (χ0v) is 31.6. The van der Waals surface area contributed by atoms with Crippen LogP contribution in [-0.4, -0.2) is 99.5 Å². The number of pyridine rings is 1. The molecule has 4 aliphatic heterocycles. The van der Waals surface area contributed by atoms with E-state index < -0.39 is 11.9 Å². The van der Waals surface area contributed by atoms with Crippen LogP contribution < -0.4 is 26.2 Å². The van der Waals surface area contributed by atoms with Crippen molar-refractivity contribution in [3.8, 4) is 11.3 Å². The molecule has 1 spiro atoms. The van der Waals surface area contributed by atoms with Crippen LogP contribution in [0.25, 0.3) is 16.9 Å². The van der Waals surface area contributed by atoms with Crippen LogP contribution in [0.2, 0.25) is 5.02 Å². The maximum absolute atomic E-state index is 13.5. The van der Waals surface area contributed by atoms with E-state index >= 15 is 0 Å². The minimum atomic E-state index is -0.592. The van der Waals surface area contributed by atoms with Crippen LogP contribution in [0.3, 0.4) is 0 Å². The van der Waals surface area contributed by atoms with Crippen molar-refractivity contribution in [2.45, 2.75) is 32.2 Å². The van der Waals surface area contributed by atoms with Gasteiger partial charge >= 0.3 is 6.03 Å². The van der Waals surface area contributed by atoms with Crippen molar-refractivity contribution < 1.29 is 19.2 Å². The Morgan fingerprint density at radius 1 is 0.929 bits per heavy atom. The molecular weight excluding hydrogens is 734 g/mol. The highest BCUT2D eigenvalue weighted by atomic mass is 35.5. The number of benzene rings is 2. The number of hydrogen-bond donors (Lipinski definition) is 3. The molecule has 7 heterocycles. The predicted octanol–water partition coefficient (Wildman–Crippen LogP) is 4.46. The zero-order chi connectivity index (χ0) is 38.7. The number of nitrogens with one attached hydrogen (secondary N) is 2. The van der Waals surface area contributed by atoms with Gasteiger partial charge in [0.15, 0.2) is 11.5 Å². The number of fused-ring (bicyclic) bond motifs is 2. The second kappa shape index (κ2) is 13.9. The number of amides is 5. The molecule has 0 bridgehead atoms. The summed E-state index contributed by atoms with van der Waals surface area (Å²) in [5, 5.41) is 10.6. The normalized spacial score (nSPS) is 17.9. The van der Waals surface area contributed by atoms with Gasteiger partial charge in [-0.1, -0.05) is 29.8 Å². The Bertz CT molecular complexity index is 2420. The van der Waals surface area contributed by atoms with Crippen molar-refractivity contribution in [2.24, 2.45) is 11.1 Å². The van der Waals surface area contributed by atoms with E-state index in [4.69, 9.17) is 27.4 Å². The summed E-state index contributed by atoms with van der Waals surface area (Å²) in [6, 6.07) is 16.9. The van der Waals surface area contributed by atoms with Crippen molar-refractivity contribution in [1.82, 2.24) is 34.7 Å². The van der Waals surface area contributed by atoms with E-state index in [0.29, 0.717) is 40.8 Å². The highest BCUT2D eigenvalue weighted by Crippen LogP contribution is 2.43. The average molecular weight is 774 g/mol. The van der Waals surface area contributed by atoms with Crippen LogP contribution in [0.5, 0.6) is 0 Å². The number of imidazole rings is 1. The number of imide groups is 1. The molecule has 56 heavy (non-hydrogen) atoms. The molecule has 9 rings (SSSR count). The molecule has 4 aliphatic rings. The average Bonchev–Trinajstić information content (AvgIpc) is 3.83. The van der Waals surface area contributed by atoms with E-state index in [1.54, 1.807) is 18.2 Å². The fourth-order valence-electron chi connectivity index (χ4n) is 8.63. The van der Waals surface area contributed by atoms with E-state index in [-0.39, 0.29) is 35.9 Å². The zero-order valence-electron chi connectivity index (χ0n) is 30.8. The molecule has 5 amide bonds. The lowest BCUT2D eigenvalue weighted by Gasteiger charge is -2.54. The number of aromatic nitrogens is 4. The first-order valence-electron chi connectivity index (χ1n) is 18.7. The Morgan fingerprint density at radius 3 is 2.46 bits per heavy atom. The molecule has 0 saturated carbocycles.